The molecule has 0 bridgehead atoms. The number of ether oxygens (including phenoxy) is 1. The zero-order valence-corrected chi connectivity index (χ0v) is 16.7. The number of carbonyl (C=O) groups excluding carboxylic acids is 4. The van der Waals surface area contributed by atoms with Gasteiger partial charge in [-0.2, -0.15) is 8.78 Å². The van der Waals surface area contributed by atoms with Gasteiger partial charge in [-0.1, -0.05) is 17.2 Å². The number of alkyl halides is 2. The third kappa shape index (κ3) is 4.13. The number of anilines is 1. The second-order valence-electron chi connectivity index (χ2n) is 7.07. The van der Waals surface area contributed by atoms with Gasteiger partial charge >= 0.3 is 18.0 Å². The Hall–Kier alpha value is -3.41. The summed E-state index contributed by atoms with van der Waals surface area (Å²) in [6.45, 7) is 4.84. The van der Waals surface area contributed by atoms with Crippen LogP contribution in [0.2, 0.25) is 0 Å². The highest BCUT2D eigenvalue weighted by atomic mass is 32.1. The highest BCUT2D eigenvalue weighted by Crippen LogP contribution is 2.33. The number of carbonyl (C=O) groups is 4. The number of hydrogen-bond acceptors (Lipinski definition) is 8. The first-order valence-corrected chi connectivity index (χ1v) is 9.32. The minimum absolute atomic E-state index is 0.0207. The number of halogens is 2. The van der Waals surface area contributed by atoms with Crippen LogP contribution < -0.4 is 5.32 Å². The monoisotopic (exact) mass is 439 g/mol. The number of nitrogens with zero attached hydrogens (tertiary/aromatic N) is 2. The van der Waals surface area contributed by atoms with Gasteiger partial charge in [-0.05, 0) is 32.9 Å². The van der Waals surface area contributed by atoms with Gasteiger partial charge < -0.3 is 9.57 Å². The number of fused-ring (bicyclic) bond motifs is 1. The molecule has 2 aromatic rings. The van der Waals surface area contributed by atoms with E-state index < -0.39 is 41.1 Å². The van der Waals surface area contributed by atoms with E-state index >= 15 is 0 Å². The lowest BCUT2D eigenvalue weighted by molar-refractivity contribution is -0.198. The number of aromatic nitrogens is 1. The summed E-state index contributed by atoms with van der Waals surface area (Å²) < 4.78 is 34.0. The number of hydrogen-bond donors (Lipinski definition) is 1. The Bertz CT molecular complexity index is 1010. The molecule has 1 N–H and O–H groups in total. The number of nitrogens with one attached hydrogen (secondary N) is 1. The maximum Gasteiger partial charge on any atom is 0.413 e. The quantitative estimate of drug-likeness (QED) is 0.727. The number of thiazole rings is 1. The van der Waals surface area contributed by atoms with Crippen LogP contribution in [0.4, 0.5) is 18.7 Å². The summed E-state index contributed by atoms with van der Waals surface area (Å²) in [7, 11) is 0. The van der Waals surface area contributed by atoms with Gasteiger partial charge in [-0.25, -0.2) is 14.6 Å². The van der Waals surface area contributed by atoms with E-state index in [2.05, 4.69) is 15.1 Å². The molecule has 0 atom stereocenters. The molecule has 0 saturated carbocycles. The summed E-state index contributed by atoms with van der Waals surface area (Å²) in [5.41, 5.74) is -1.99. The summed E-state index contributed by atoms with van der Waals surface area (Å²) in [6.07, 6.45) is -0.916. The number of imide groups is 1. The Kier molecular flexibility index (Phi) is 5.29. The van der Waals surface area contributed by atoms with Crippen LogP contribution in [0, 0.1) is 0 Å². The molecule has 30 heavy (non-hydrogen) atoms. The second-order valence-corrected chi connectivity index (χ2v) is 7.93. The van der Waals surface area contributed by atoms with Crippen molar-refractivity contribution in [3.8, 4) is 0 Å². The first-order chi connectivity index (χ1) is 13.9. The summed E-state index contributed by atoms with van der Waals surface area (Å²) in [5.74, 6) is -8.54. The van der Waals surface area contributed by atoms with E-state index in [4.69, 9.17) is 4.74 Å². The molecule has 3 rings (SSSR count). The number of amides is 3. The molecule has 0 saturated heterocycles. The average Bonchev–Trinajstić information content (AvgIpc) is 3.20. The lowest BCUT2D eigenvalue weighted by Gasteiger charge is -2.19. The first kappa shape index (κ1) is 21.3. The molecule has 1 aromatic carbocycles. The summed E-state index contributed by atoms with van der Waals surface area (Å²) >= 11 is 0.623. The molecule has 1 aromatic heterocycles. The Balaban J connectivity index is 1.71. The molecular weight excluding hydrogens is 424 g/mol. The van der Waals surface area contributed by atoms with Gasteiger partial charge in [0.15, 0.2) is 5.13 Å². The van der Waals surface area contributed by atoms with Crippen LogP contribution >= 0.6 is 11.3 Å². The maximum absolute atomic E-state index is 14.5. The Morgan fingerprint density at radius 1 is 1.10 bits per heavy atom. The van der Waals surface area contributed by atoms with Crippen LogP contribution in [-0.4, -0.2) is 39.5 Å². The van der Waals surface area contributed by atoms with Gasteiger partial charge in [0, 0.05) is 5.38 Å². The molecule has 0 radical (unpaired) electrons. The van der Waals surface area contributed by atoms with Crippen molar-refractivity contribution in [2.24, 2.45) is 0 Å². The predicted molar refractivity (Wildman–Crippen MR) is 98.9 cm³/mol. The molecule has 158 valence electrons. The number of rotatable bonds is 4. The third-order valence-corrected chi connectivity index (χ3v) is 4.38. The van der Waals surface area contributed by atoms with Crippen LogP contribution in [0.15, 0.2) is 29.6 Å². The normalized spacial score (nSPS) is 13.8. The molecule has 12 heteroatoms. The van der Waals surface area contributed by atoms with Crippen molar-refractivity contribution in [2.45, 2.75) is 32.3 Å². The molecule has 3 amide bonds. The van der Waals surface area contributed by atoms with Crippen molar-refractivity contribution in [3.63, 3.8) is 0 Å². The molecule has 0 unspecified atom stereocenters. The molecular formula is C18H15F2N3O6S. The smallest absolute Gasteiger partial charge is 0.413 e. The zero-order chi connectivity index (χ0) is 22.3. The van der Waals surface area contributed by atoms with E-state index in [1.807, 2.05) is 0 Å². The van der Waals surface area contributed by atoms with Crippen LogP contribution in [0.25, 0.3) is 0 Å². The molecule has 0 spiro atoms. The highest BCUT2D eigenvalue weighted by Gasteiger charge is 2.49. The predicted octanol–water partition coefficient (Wildman–Crippen LogP) is 3.34. The lowest BCUT2D eigenvalue weighted by atomic mass is 10.1. The maximum atomic E-state index is 14.5. The van der Waals surface area contributed by atoms with Gasteiger partial charge in [0.05, 0.1) is 11.1 Å². The van der Waals surface area contributed by atoms with E-state index in [9.17, 15) is 28.0 Å². The highest BCUT2D eigenvalue weighted by molar-refractivity contribution is 7.13. The van der Waals surface area contributed by atoms with Gasteiger partial charge in [-0.15, -0.1) is 11.3 Å². The van der Waals surface area contributed by atoms with Gasteiger partial charge in [0.2, 0.25) is 0 Å². The van der Waals surface area contributed by atoms with E-state index in [1.165, 1.54) is 24.3 Å². The molecule has 1 aliphatic heterocycles. The Morgan fingerprint density at radius 2 is 1.67 bits per heavy atom. The number of benzene rings is 1. The van der Waals surface area contributed by atoms with Crippen LogP contribution in [0.5, 0.6) is 0 Å². The second kappa shape index (κ2) is 7.44. The summed E-state index contributed by atoms with van der Waals surface area (Å²) in [6, 6.07) is 5.55. The minimum atomic E-state index is -4.29. The average molecular weight is 439 g/mol. The van der Waals surface area contributed by atoms with Crippen LogP contribution in [0.3, 0.4) is 0 Å². The van der Waals surface area contributed by atoms with Gasteiger partial charge in [0.25, 0.3) is 11.8 Å². The zero-order valence-electron chi connectivity index (χ0n) is 15.9. The molecule has 0 aliphatic carbocycles. The van der Waals surface area contributed by atoms with Crippen molar-refractivity contribution in [2.75, 3.05) is 5.32 Å². The third-order valence-electron chi connectivity index (χ3n) is 3.62. The topological polar surface area (TPSA) is 115 Å². The van der Waals surface area contributed by atoms with Crippen molar-refractivity contribution in [3.05, 3.63) is 46.5 Å². The molecule has 0 fully saturated rings. The summed E-state index contributed by atoms with van der Waals surface area (Å²) in [4.78, 5) is 55.9. The van der Waals surface area contributed by atoms with Crippen molar-refractivity contribution < 1.29 is 37.5 Å². The number of hydroxylamine groups is 2. The first-order valence-electron chi connectivity index (χ1n) is 8.44. The van der Waals surface area contributed by atoms with E-state index in [0.717, 1.165) is 5.38 Å². The minimum Gasteiger partial charge on any atom is -0.444 e. The molecule has 9 nitrogen and oxygen atoms in total. The molecule has 2 heterocycles. The van der Waals surface area contributed by atoms with Gasteiger partial charge in [0.1, 0.15) is 11.3 Å². The largest absolute Gasteiger partial charge is 0.444 e. The van der Waals surface area contributed by atoms with Crippen LogP contribution in [0.1, 0.15) is 47.2 Å². The Labute approximate surface area is 172 Å². The Morgan fingerprint density at radius 3 is 2.20 bits per heavy atom. The van der Waals surface area contributed by atoms with Crippen molar-refractivity contribution >= 4 is 40.3 Å². The fraction of sp³-hybridized carbons (Fsp3) is 0.278. The lowest BCUT2D eigenvalue weighted by Crippen LogP contribution is -2.39. The fourth-order valence-electron chi connectivity index (χ4n) is 2.36. The SMILES string of the molecule is CC(C)(C)OC(=O)Nc1nc(C(F)(F)C(=O)ON2C(=O)c3ccccc3C2=O)cs1. The van der Waals surface area contributed by atoms with Crippen molar-refractivity contribution in [1.29, 1.82) is 0 Å². The van der Waals surface area contributed by atoms with E-state index in [0.29, 0.717) is 11.3 Å². The molecule has 1 aliphatic rings. The van der Waals surface area contributed by atoms with E-state index in [1.54, 1.807) is 20.8 Å². The fourth-order valence-corrected chi connectivity index (χ4v) is 3.08. The van der Waals surface area contributed by atoms with Crippen molar-refractivity contribution in [1.82, 2.24) is 10.0 Å². The van der Waals surface area contributed by atoms with Gasteiger partial charge in [-0.3, -0.25) is 14.9 Å². The standard InChI is InChI=1S/C18H15F2N3O6S/c1-17(2,3)28-16(27)22-15-21-11(8-30-15)18(19,20)14(26)29-23-12(24)9-6-4-5-7-10(9)13(23)25/h4-8H,1-3H3,(H,21,22,27). The van der Waals surface area contributed by atoms with E-state index in [-0.39, 0.29) is 21.3 Å². The summed E-state index contributed by atoms with van der Waals surface area (Å²) in [5, 5.41) is 2.74. The van der Waals surface area contributed by atoms with Crippen LogP contribution in [-0.2, 0) is 20.3 Å².